The first-order valence-corrected chi connectivity index (χ1v) is 5.06. The predicted molar refractivity (Wildman–Crippen MR) is 57.0 cm³/mol. The highest BCUT2D eigenvalue weighted by molar-refractivity contribution is 5.19. The van der Waals surface area contributed by atoms with Gasteiger partial charge < -0.3 is 9.47 Å². The predicted octanol–water partition coefficient (Wildman–Crippen LogP) is 2.93. The van der Waals surface area contributed by atoms with Crippen LogP contribution in [0.25, 0.3) is 0 Å². The van der Waals surface area contributed by atoms with Crippen molar-refractivity contribution in [1.82, 2.24) is 0 Å². The summed E-state index contributed by atoms with van der Waals surface area (Å²) in [7, 11) is 0. The van der Waals surface area contributed by atoms with Crippen LogP contribution in [0, 0.1) is 0 Å². The number of benzene rings is 1. The maximum absolute atomic E-state index is 5.63. The zero-order chi connectivity index (χ0) is 10.4. The largest absolute Gasteiger partial charge is 0.346 e. The highest BCUT2D eigenvalue weighted by atomic mass is 16.7. The van der Waals surface area contributed by atoms with Gasteiger partial charge in [-0.3, -0.25) is 0 Å². The highest BCUT2D eigenvalue weighted by Gasteiger charge is 2.26. The van der Waals surface area contributed by atoms with Gasteiger partial charge >= 0.3 is 0 Å². The molecule has 0 aliphatic heterocycles. The minimum absolute atomic E-state index is 0.606. The van der Waals surface area contributed by atoms with E-state index in [9.17, 15) is 0 Å². The van der Waals surface area contributed by atoms with Gasteiger partial charge in [-0.25, -0.2) is 0 Å². The Morgan fingerprint density at radius 3 is 1.93 bits per heavy atom. The molecule has 0 bridgehead atoms. The first-order valence-electron chi connectivity index (χ1n) is 5.06. The molecule has 0 saturated carbocycles. The Bertz CT molecular complexity index is 250. The Labute approximate surface area is 85.8 Å². The monoisotopic (exact) mass is 194 g/mol. The van der Waals surface area contributed by atoms with Crippen molar-refractivity contribution in [2.75, 3.05) is 13.2 Å². The molecule has 14 heavy (non-hydrogen) atoms. The van der Waals surface area contributed by atoms with Gasteiger partial charge in [0.1, 0.15) is 0 Å². The van der Waals surface area contributed by atoms with Gasteiger partial charge in [0.2, 0.25) is 0 Å². The van der Waals surface area contributed by atoms with E-state index in [0.29, 0.717) is 13.2 Å². The minimum Gasteiger partial charge on any atom is -0.346 e. The Morgan fingerprint density at radius 2 is 1.50 bits per heavy atom. The molecule has 2 heteroatoms. The smallest absolute Gasteiger partial charge is 0.191 e. The zero-order valence-electron chi connectivity index (χ0n) is 9.12. The molecule has 78 valence electrons. The Hall–Kier alpha value is -0.860. The average Bonchev–Trinajstić information content (AvgIpc) is 2.20. The highest BCUT2D eigenvalue weighted by Crippen LogP contribution is 2.26. The second kappa shape index (κ2) is 5.13. The summed E-state index contributed by atoms with van der Waals surface area (Å²) < 4.78 is 11.3. The molecule has 0 aliphatic carbocycles. The van der Waals surface area contributed by atoms with Crippen molar-refractivity contribution >= 4 is 0 Å². The molecule has 0 amide bonds. The maximum Gasteiger partial charge on any atom is 0.191 e. The lowest BCUT2D eigenvalue weighted by Gasteiger charge is -2.29. The summed E-state index contributed by atoms with van der Waals surface area (Å²) in [5, 5.41) is 0. The van der Waals surface area contributed by atoms with E-state index < -0.39 is 5.79 Å². The van der Waals surface area contributed by atoms with Crippen molar-refractivity contribution in [3.63, 3.8) is 0 Å². The molecule has 1 aromatic rings. The number of ether oxygens (including phenoxy) is 2. The summed E-state index contributed by atoms with van der Waals surface area (Å²) in [5.41, 5.74) is 1.06. The van der Waals surface area contributed by atoms with Gasteiger partial charge in [0.15, 0.2) is 5.79 Å². The topological polar surface area (TPSA) is 18.5 Å². The second-order valence-corrected chi connectivity index (χ2v) is 3.18. The van der Waals surface area contributed by atoms with Gasteiger partial charge in [0.25, 0.3) is 0 Å². The van der Waals surface area contributed by atoms with E-state index in [0.717, 1.165) is 5.56 Å². The van der Waals surface area contributed by atoms with Crippen molar-refractivity contribution in [2.45, 2.75) is 26.6 Å². The van der Waals surface area contributed by atoms with Crippen LogP contribution in [0.5, 0.6) is 0 Å². The molecule has 0 aromatic heterocycles. The third-order valence-electron chi connectivity index (χ3n) is 2.14. The van der Waals surface area contributed by atoms with E-state index in [2.05, 4.69) is 0 Å². The first kappa shape index (κ1) is 11.2. The van der Waals surface area contributed by atoms with E-state index in [4.69, 9.17) is 9.47 Å². The van der Waals surface area contributed by atoms with Crippen LogP contribution >= 0.6 is 0 Å². The molecule has 0 heterocycles. The summed E-state index contributed by atoms with van der Waals surface area (Å²) in [6, 6.07) is 10.0. The number of rotatable bonds is 5. The van der Waals surface area contributed by atoms with Crippen LogP contribution in [0.2, 0.25) is 0 Å². The summed E-state index contributed by atoms with van der Waals surface area (Å²) in [5.74, 6) is -0.606. The summed E-state index contributed by atoms with van der Waals surface area (Å²) in [4.78, 5) is 0. The molecule has 0 unspecified atom stereocenters. The van der Waals surface area contributed by atoms with Crippen LogP contribution in [-0.4, -0.2) is 13.2 Å². The normalized spacial score (nSPS) is 11.6. The Balaban J connectivity index is 2.87. The van der Waals surface area contributed by atoms with Crippen molar-refractivity contribution in [3.8, 4) is 0 Å². The summed E-state index contributed by atoms with van der Waals surface area (Å²) >= 11 is 0. The molecule has 0 fully saturated rings. The minimum atomic E-state index is -0.606. The van der Waals surface area contributed by atoms with Crippen LogP contribution in [-0.2, 0) is 15.3 Å². The Kier molecular flexibility index (Phi) is 4.11. The van der Waals surface area contributed by atoms with Crippen LogP contribution in [0.1, 0.15) is 26.3 Å². The van der Waals surface area contributed by atoms with Crippen LogP contribution < -0.4 is 0 Å². The van der Waals surface area contributed by atoms with Crippen molar-refractivity contribution in [3.05, 3.63) is 35.9 Å². The lowest BCUT2D eigenvalue weighted by atomic mass is 10.1. The van der Waals surface area contributed by atoms with E-state index in [1.165, 1.54) is 0 Å². The molecular formula is C12H18O2. The molecule has 0 radical (unpaired) electrons. The van der Waals surface area contributed by atoms with Gasteiger partial charge in [0, 0.05) is 18.8 Å². The summed E-state index contributed by atoms with van der Waals surface area (Å²) in [6.07, 6.45) is 0. The molecule has 1 aromatic carbocycles. The zero-order valence-corrected chi connectivity index (χ0v) is 9.12. The van der Waals surface area contributed by atoms with E-state index >= 15 is 0 Å². The van der Waals surface area contributed by atoms with E-state index in [1.54, 1.807) is 0 Å². The van der Waals surface area contributed by atoms with Crippen LogP contribution in [0.15, 0.2) is 30.3 Å². The molecule has 0 spiro atoms. The van der Waals surface area contributed by atoms with Crippen LogP contribution in [0.4, 0.5) is 0 Å². The first-order chi connectivity index (χ1) is 6.73. The fourth-order valence-electron chi connectivity index (χ4n) is 1.50. The average molecular weight is 194 g/mol. The van der Waals surface area contributed by atoms with Crippen molar-refractivity contribution in [1.29, 1.82) is 0 Å². The molecule has 0 aliphatic rings. The third kappa shape index (κ3) is 2.56. The lowest BCUT2D eigenvalue weighted by molar-refractivity contribution is -0.229. The van der Waals surface area contributed by atoms with E-state index in [-0.39, 0.29) is 0 Å². The number of hydrogen-bond donors (Lipinski definition) is 0. The second-order valence-electron chi connectivity index (χ2n) is 3.18. The maximum atomic E-state index is 5.63. The van der Waals surface area contributed by atoms with Crippen molar-refractivity contribution in [2.24, 2.45) is 0 Å². The number of hydrogen-bond acceptors (Lipinski definition) is 2. The molecule has 1 rings (SSSR count). The molecule has 2 nitrogen and oxygen atoms in total. The molecule has 0 atom stereocenters. The van der Waals surface area contributed by atoms with Crippen LogP contribution in [0.3, 0.4) is 0 Å². The van der Waals surface area contributed by atoms with E-state index in [1.807, 2.05) is 51.1 Å². The third-order valence-corrected chi connectivity index (χ3v) is 2.14. The van der Waals surface area contributed by atoms with Gasteiger partial charge in [-0.2, -0.15) is 0 Å². The van der Waals surface area contributed by atoms with Gasteiger partial charge in [-0.1, -0.05) is 30.3 Å². The molecule has 0 saturated heterocycles. The van der Waals surface area contributed by atoms with Gasteiger partial charge in [-0.15, -0.1) is 0 Å². The van der Waals surface area contributed by atoms with Gasteiger partial charge in [-0.05, 0) is 20.8 Å². The lowest BCUT2D eigenvalue weighted by Crippen LogP contribution is -2.29. The van der Waals surface area contributed by atoms with Gasteiger partial charge in [0.05, 0.1) is 0 Å². The molecule has 0 N–H and O–H groups in total. The summed E-state index contributed by atoms with van der Waals surface area (Å²) in [6.45, 7) is 7.19. The molecular weight excluding hydrogens is 176 g/mol. The fraction of sp³-hybridized carbons (Fsp3) is 0.500. The quantitative estimate of drug-likeness (QED) is 0.671. The fourth-order valence-corrected chi connectivity index (χ4v) is 1.50. The van der Waals surface area contributed by atoms with Crippen molar-refractivity contribution < 1.29 is 9.47 Å². The SMILES string of the molecule is CCOC(C)(OCC)c1ccccc1. The Morgan fingerprint density at radius 1 is 1.00 bits per heavy atom. The standard InChI is InChI=1S/C12H18O2/c1-4-13-12(3,14-5-2)11-9-7-6-8-10-11/h6-10H,4-5H2,1-3H3.